The summed E-state index contributed by atoms with van der Waals surface area (Å²) in [6, 6.07) is 11.3. The number of aryl methyl sites for hydroxylation is 1. The van der Waals surface area contributed by atoms with Crippen LogP contribution in [0, 0.1) is 6.92 Å². The summed E-state index contributed by atoms with van der Waals surface area (Å²) in [5.41, 5.74) is 1.63. The van der Waals surface area contributed by atoms with E-state index >= 15 is 0 Å². The molecule has 1 N–H and O–H groups in total. The van der Waals surface area contributed by atoms with Gasteiger partial charge in [-0.25, -0.2) is 0 Å². The van der Waals surface area contributed by atoms with Crippen LogP contribution in [0.25, 0.3) is 0 Å². The molecule has 0 heterocycles. The van der Waals surface area contributed by atoms with Gasteiger partial charge in [-0.05, 0) is 36.2 Å². The zero-order chi connectivity index (χ0) is 14.8. The molecule has 0 amide bonds. The quantitative estimate of drug-likeness (QED) is 0.787. The van der Waals surface area contributed by atoms with Crippen LogP contribution in [0.5, 0.6) is 0 Å². The van der Waals surface area contributed by atoms with Gasteiger partial charge in [0.15, 0.2) is 0 Å². The van der Waals surface area contributed by atoms with Gasteiger partial charge < -0.3 is 5.32 Å². The van der Waals surface area contributed by atoms with E-state index in [0.29, 0.717) is 12.2 Å². The van der Waals surface area contributed by atoms with Gasteiger partial charge in [0, 0.05) is 16.7 Å². The summed E-state index contributed by atoms with van der Waals surface area (Å²) in [5, 5.41) is 3.05. The molecule has 0 saturated heterocycles. The molecule has 0 saturated carbocycles. The first-order valence-electron chi connectivity index (χ1n) is 6.03. The van der Waals surface area contributed by atoms with E-state index in [0.717, 1.165) is 27.7 Å². The number of hydrogen-bond donors (Lipinski definition) is 1. The van der Waals surface area contributed by atoms with Crippen molar-refractivity contribution in [1.82, 2.24) is 0 Å². The molecule has 0 aliphatic carbocycles. The molecule has 2 aromatic rings. The third-order valence-electron chi connectivity index (χ3n) is 2.99. The molecule has 0 bridgehead atoms. The van der Waals surface area contributed by atoms with Crippen LogP contribution in [-0.2, 0) is 12.7 Å². The highest BCUT2D eigenvalue weighted by molar-refractivity contribution is 9.10. The molecule has 106 valence electrons. The second kappa shape index (κ2) is 5.87. The number of nitrogens with one attached hydrogen (secondary N) is 1. The van der Waals surface area contributed by atoms with Crippen LogP contribution in [-0.4, -0.2) is 0 Å². The Balaban J connectivity index is 2.19. The molecule has 0 radical (unpaired) electrons. The van der Waals surface area contributed by atoms with E-state index in [9.17, 15) is 13.2 Å². The van der Waals surface area contributed by atoms with Crippen molar-refractivity contribution in [3.05, 3.63) is 63.6 Å². The third-order valence-corrected chi connectivity index (χ3v) is 3.77. The van der Waals surface area contributed by atoms with Crippen molar-refractivity contribution in [3.8, 4) is 0 Å². The predicted octanol–water partition coefficient (Wildman–Crippen LogP) is 5.39. The summed E-state index contributed by atoms with van der Waals surface area (Å²) in [7, 11) is 0. The molecule has 0 aliphatic heterocycles. The minimum absolute atomic E-state index is 0.462. The minimum atomic E-state index is -4.32. The number of rotatable bonds is 3. The molecule has 0 unspecified atom stereocenters. The average Bonchev–Trinajstić information content (AvgIpc) is 2.38. The second-order valence-corrected chi connectivity index (χ2v) is 5.33. The smallest absolute Gasteiger partial charge is 0.381 e. The van der Waals surface area contributed by atoms with Gasteiger partial charge in [0.2, 0.25) is 0 Å². The molecular weight excluding hydrogens is 331 g/mol. The van der Waals surface area contributed by atoms with E-state index in [1.54, 1.807) is 6.92 Å². The van der Waals surface area contributed by atoms with Crippen LogP contribution in [0.3, 0.4) is 0 Å². The maximum atomic E-state index is 12.7. The monoisotopic (exact) mass is 343 g/mol. The lowest BCUT2D eigenvalue weighted by atomic mass is 10.1. The first-order valence-corrected chi connectivity index (χ1v) is 6.82. The standard InChI is InChI=1S/C15H13BrF3N/c1-10-6-7-12(15(17,18)19)8-14(10)20-9-11-4-2-3-5-13(11)16/h2-8,20H,9H2,1H3. The maximum Gasteiger partial charge on any atom is 0.416 e. The normalized spacial score (nSPS) is 11.4. The third kappa shape index (κ3) is 3.54. The molecule has 0 fully saturated rings. The van der Waals surface area contributed by atoms with E-state index in [4.69, 9.17) is 0 Å². The van der Waals surface area contributed by atoms with Crippen molar-refractivity contribution < 1.29 is 13.2 Å². The van der Waals surface area contributed by atoms with Crippen LogP contribution < -0.4 is 5.32 Å². The number of halogens is 4. The Morgan fingerprint density at radius 1 is 1.10 bits per heavy atom. The fraction of sp³-hybridized carbons (Fsp3) is 0.200. The van der Waals surface area contributed by atoms with Gasteiger partial charge in [-0.1, -0.05) is 40.2 Å². The highest BCUT2D eigenvalue weighted by atomic mass is 79.9. The van der Waals surface area contributed by atoms with Crippen molar-refractivity contribution in [2.45, 2.75) is 19.6 Å². The molecule has 20 heavy (non-hydrogen) atoms. The van der Waals surface area contributed by atoms with Gasteiger partial charge in [-0.3, -0.25) is 0 Å². The van der Waals surface area contributed by atoms with Crippen molar-refractivity contribution in [2.75, 3.05) is 5.32 Å². The first kappa shape index (κ1) is 14.9. The molecule has 0 atom stereocenters. The summed E-state index contributed by atoms with van der Waals surface area (Å²) >= 11 is 3.41. The lowest BCUT2D eigenvalue weighted by molar-refractivity contribution is -0.137. The Kier molecular flexibility index (Phi) is 4.38. The van der Waals surface area contributed by atoms with E-state index in [-0.39, 0.29) is 0 Å². The average molecular weight is 344 g/mol. The molecule has 5 heteroatoms. The zero-order valence-electron chi connectivity index (χ0n) is 10.8. The summed E-state index contributed by atoms with van der Waals surface area (Å²) in [4.78, 5) is 0. The van der Waals surface area contributed by atoms with E-state index in [1.807, 2.05) is 24.3 Å². The summed E-state index contributed by atoms with van der Waals surface area (Å²) in [5.74, 6) is 0. The molecule has 2 rings (SSSR count). The molecule has 0 aliphatic rings. The fourth-order valence-corrected chi connectivity index (χ4v) is 2.25. The van der Waals surface area contributed by atoms with Crippen molar-refractivity contribution in [2.24, 2.45) is 0 Å². The van der Waals surface area contributed by atoms with Gasteiger partial charge in [-0.2, -0.15) is 13.2 Å². The molecular formula is C15H13BrF3N. The Labute approximate surface area is 123 Å². The molecule has 0 aromatic heterocycles. The van der Waals surface area contributed by atoms with E-state index in [1.165, 1.54) is 6.07 Å². The van der Waals surface area contributed by atoms with E-state index in [2.05, 4.69) is 21.2 Å². The van der Waals surface area contributed by atoms with Gasteiger partial charge in [0.05, 0.1) is 5.56 Å². The van der Waals surface area contributed by atoms with Crippen LogP contribution in [0.15, 0.2) is 46.9 Å². The van der Waals surface area contributed by atoms with E-state index < -0.39 is 11.7 Å². The van der Waals surface area contributed by atoms with Crippen LogP contribution in [0.4, 0.5) is 18.9 Å². The van der Waals surface area contributed by atoms with Crippen molar-refractivity contribution >= 4 is 21.6 Å². The topological polar surface area (TPSA) is 12.0 Å². The number of hydrogen-bond acceptors (Lipinski definition) is 1. The Morgan fingerprint density at radius 3 is 2.45 bits per heavy atom. The molecule has 1 nitrogen and oxygen atoms in total. The highest BCUT2D eigenvalue weighted by Gasteiger charge is 2.30. The molecule has 0 spiro atoms. The number of benzene rings is 2. The first-order chi connectivity index (χ1) is 9.38. The maximum absolute atomic E-state index is 12.7. The fourth-order valence-electron chi connectivity index (χ4n) is 1.82. The van der Waals surface area contributed by atoms with Crippen LogP contribution in [0.2, 0.25) is 0 Å². The second-order valence-electron chi connectivity index (χ2n) is 4.47. The Hall–Kier alpha value is -1.49. The van der Waals surface area contributed by atoms with Crippen molar-refractivity contribution in [1.29, 1.82) is 0 Å². The van der Waals surface area contributed by atoms with Gasteiger partial charge >= 0.3 is 6.18 Å². The highest BCUT2D eigenvalue weighted by Crippen LogP contribution is 2.32. The predicted molar refractivity (Wildman–Crippen MR) is 77.6 cm³/mol. The summed E-state index contributed by atoms with van der Waals surface area (Å²) in [6.07, 6.45) is -4.32. The summed E-state index contributed by atoms with van der Waals surface area (Å²) < 4.78 is 39.0. The van der Waals surface area contributed by atoms with Gasteiger partial charge in [-0.15, -0.1) is 0 Å². The zero-order valence-corrected chi connectivity index (χ0v) is 12.3. The Morgan fingerprint density at radius 2 is 1.80 bits per heavy atom. The number of alkyl halides is 3. The molecule has 2 aromatic carbocycles. The van der Waals surface area contributed by atoms with Gasteiger partial charge in [0.25, 0.3) is 0 Å². The van der Waals surface area contributed by atoms with Crippen molar-refractivity contribution in [3.63, 3.8) is 0 Å². The SMILES string of the molecule is Cc1ccc(C(F)(F)F)cc1NCc1ccccc1Br. The van der Waals surface area contributed by atoms with Crippen LogP contribution in [0.1, 0.15) is 16.7 Å². The van der Waals surface area contributed by atoms with Gasteiger partial charge in [0.1, 0.15) is 0 Å². The van der Waals surface area contributed by atoms with Crippen LogP contribution >= 0.6 is 15.9 Å². The lowest BCUT2D eigenvalue weighted by Crippen LogP contribution is -2.07. The number of anilines is 1. The summed E-state index contributed by atoms with van der Waals surface area (Å²) in [6.45, 7) is 2.24. The Bertz CT molecular complexity index is 608. The lowest BCUT2D eigenvalue weighted by Gasteiger charge is -2.14. The largest absolute Gasteiger partial charge is 0.416 e. The minimum Gasteiger partial charge on any atom is -0.381 e.